The molecule has 0 atom stereocenters. The van der Waals surface area contributed by atoms with E-state index < -0.39 is 18.3 Å². The van der Waals surface area contributed by atoms with Crippen LogP contribution in [0.25, 0.3) is 29.1 Å². The van der Waals surface area contributed by atoms with Gasteiger partial charge in [0.15, 0.2) is 37.0 Å². The van der Waals surface area contributed by atoms with Gasteiger partial charge in [-0.1, -0.05) is 24.3 Å². The number of aryl methyl sites for hydroxylation is 2. The summed E-state index contributed by atoms with van der Waals surface area (Å²) in [6.45, 7) is 9.15. The van der Waals surface area contributed by atoms with Crippen LogP contribution in [-0.2, 0) is 17.5 Å². The van der Waals surface area contributed by atoms with Crippen LogP contribution >= 0.6 is 0 Å². The Morgan fingerprint density at radius 3 is 1.93 bits per heavy atom. The van der Waals surface area contributed by atoms with Gasteiger partial charge in [0.2, 0.25) is 0 Å². The van der Waals surface area contributed by atoms with Crippen molar-refractivity contribution in [2.45, 2.75) is 32.0 Å². The highest BCUT2D eigenvalue weighted by molar-refractivity contribution is 6.56. The van der Waals surface area contributed by atoms with E-state index in [0.717, 1.165) is 11.1 Å². The maximum absolute atomic E-state index is 9.74. The molecular formula is C28H32N4O6Si2+2. The summed E-state index contributed by atoms with van der Waals surface area (Å²) in [7, 11) is -6.99. The largest absolute Gasteiger partial charge is 0.492 e. The molecule has 3 rings (SSSR count). The summed E-state index contributed by atoms with van der Waals surface area (Å²) >= 11 is 0. The molecule has 0 saturated carbocycles. The van der Waals surface area contributed by atoms with Gasteiger partial charge in [-0.15, -0.1) is 0 Å². The summed E-state index contributed by atoms with van der Waals surface area (Å²) in [6.07, 6.45) is 16.0. The van der Waals surface area contributed by atoms with Crippen molar-refractivity contribution in [3.8, 4) is 6.07 Å². The zero-order valence-corrected chi connectivity index (χ0v) is 24.0. The molecule has 0 bridgehead atoms. The summed E-state index contributed by atoms with van der Waals surface area (Å²) in [5, 5.41) is 9.74. The van der Waals surface area contributed by atoms with Gasteiger partial charge in [-0.3, -0.25) is 0 Å². The van der Waals surface area contributed by atoms with Crippen molar-refractivity contribution in [1.29, 1.82) is 5.26 Å². The number of nitrogens with zero attached hydrogens (tertiary/aromatic N) is 4. The molecule has 40 heavy (non-hydrogen) atoms. The molecule has 0 radical (unpaired) electrons. The minimum absolute atomic E-state index is 0.0184. The molecule has 2 heterocycles. The Bertz CT molecular complexity index is 1410. The van der Waals surface area contributed by atoms with Crippen LogP contribution in [0.1, 0.15) is 40.7 Å². The fourth-order valence-corrected chi connectivity index (χ4v) is 4.86. The molecule has 10 nitrogen and oxygen atoms in total. The topological polar surface area (TPSA) is 146 Å². The molecule has 0 aliphatic heterocycles. The van der Waals surface area contributed by atoms with E-state index in [-0.39, 0.29) is 6.04 Å². The van der Waals surface area contributed by atoms with Gasteiger partial charge in [0, 0.05) is 49.8 Å². The quantitative estimate of drug-likeness (QED) is 0.0896. The minimum Gasteiger partial charge on any atom is -0.392 e. The molecule has 3 aromatic rings. The first-order chi connectivity index (χ1) is 19.2. The molecule has 1 aromatic carbocycles. The fourth-order valence-electron chi connectivity index (χ4n) is 3.85. The second-order valence-corrected chi connectivity index (χ2v) is 12.1. The van der Waals surface area contributed by atoms with E-state index in [9.17, 15) is 5.26 Å². The number of aromatic nitrogens is 2. The number of nitriles is 1. The summed E-state index contributed by atoms with van der Waals surface area (Å²) in [6, 6.07) is 13.2. The molecule has 0 fully saturated rings. The number of benzene rings is 1. The van der Waals surface area contributed by atoms with E-state index in [1.165, 1.54) is 0 Å². The van der Waals surface area contributed by atoms with Gasteiger partial charge in [-0.2, -0.15) is 5.26 Å². The molecule has 0 aliphatic rings. The highest BCUT2D eigenvalue weighted by Gasteiger charge is 2.26. The van der Waals surface area contributed by atoms with Crippen molar-refractivity contribution in [1.82, 2.24) is 0 Å². The Hall–Kier alpha value is -3.83. The van der Waals surface area contributed by atoms with E-state index in [2.05, 4.69) is 10.9 Å². The molecule has 0 amide bonds. The van der Waals surface area contributed by atoms with Gasteiger partial charge in [-0.05, 0) is 34.4 Å². The zero-order valence-electron chi connectivity index (χ0n) is 21.8. The Morgan fingerprint density at radius 1 is 0.875 bits per heavy atom. The van der Waals surface area contributed by atoms with Gasteiger partial charge in [0.05, 0.1) is 18.2 Å². The van der Waals surface area contributed by atoms with Crippen LogP contribution in [0.5, 0.6) is 0 Å². The Kier molecular flexibility index (Phi) is 11.6. The smallest absolute Gasteiger partial charge is 0.392 e. The monoisotopic (exact) mass is 576 g/mol. The van der Waals surface area contributed by atoms with Crippen LogP contribution in [0, 0.1) is 17.9 Å². The first-order valence-corrected chi connectivity index (χ1v) is 16.2. The molecule has 206 valence electrons. The summed E-state index contributed by atoms with van der Waals surface area (Å²) in [4.78, 5) is 48.7. The van der Waals surface area contributed by atoms with Crippen molar-refractivity contribution in [3.63, 3.8) is 0 Å². The van der Waals surface area contributed by atoms with Crippen molar-refractivity contribution < 1.29 is 37.5 Å². The first-order valence-electron chi connectivity index (χ1n) is 12.6. The number of rotatable bonds is 13. The second-order valence-electron chi connectivity index (χ2n) is 9.06. The predicted molar refractivity (Wildman–Crippen MR) is 153 cm³/mol. The molecule has 0 spiro atoms. The van der Waals surface area contributed by atoms with E-state index in [1.54, 1.807) is 18.2 Å². The van der Waals surface area contributed by atoms with Crippen LogP contribution < -0.4 is 9.13 Å². The highest BCUT2D eigenvalue weighted by Crippen LogP contribution is 2.27. The normalized spacial score (nSPS) is 11.8. The van der Waals surface area contributed by atoms with Gasteiger partial charge in [0.25, 0.3) is 0 Å². The van der Waals surface area contributed by atoms with Gasteiger partial charge in [0.1, 0.15) is 6.54 Å². The number of pyridine rings is 2. The van der Waals surface area contributed by atoms with Crippen molar-refractivity contribution >= 4 is 48.3 Å². The lowest BCUT2D eigenvalue weighted by Gasteiger charge is -2.06. The van der Waals surface area contributed by atoms with Gasteiger partial charge >= 0.3 is 18.3 Å². The van der Waals surface area contributed by atoms with Crippen LogP contribution in [0.4, 0.5) is 5.69 Å². The van der Waals surface area contributed by atoms with E-state index in [4.69, 9.17) is 35.0 Å². The van der Waals surface area contributed by atoms with E-state index in [0.29, 0.717) is 54.9 Å². The third-order valence-electron chi connectivity index (χ3n) is 5.94. The zero-order chi connectivity index (χ0) is 29.0. The predicted octanol–water partition coefficient (Wildman–Crippen LogP) is 1.44. The fraction of sp³-hybridized carbons (Fsp3) is 0.214. The molecule has 5 N–H and O–H groups in total. The van der Waals surface area contributed by atoms with Crippen molar-refractivity contribution in [2.24, 2.45) is 0 Å². The van der Waals surface area contributed by atoms with Gasteiger partial charge < -0.3 is 28.4 Å². The lowest BCUT2D eigenvalue weighted by molar-refractivity contribution is -0.697. The number of hydrogen-bond acceptors (Lipinski definition) is 7. The summed E-state index contributed by atoms with van der Waals surface area (Å²) < 4.78 is 8.69. The standard InChI is InChI=1S/C28H32N4O6Si2/c1-30-28-21-25(6-4-23-10-16-32(17-11-23)13-3-19-40(35,36)37)27(22-29)20-26(28)7-5-24-8-14-31(15-9-24)12-2-18-38-39(33)34/h4-11,14-17,20-21,33-37,39H,2-3,12-13,18-19H2/q+2/b6-4+,7-5+. The van der Waals surface area contributed by atoms with Crippen molar-refractivity contribution in [3.05, 3.63) is 100 Å². The first kappa shape index (κ1) is 30.7. The van der Waals surface area contributed by atoms with E-state index >= 15 is 0 Å². The average molecular weight is 577 g/mol. The van der Waals surface area contributed by atoms with Crippen LogP contribution in [0.15, 0.2) is 61.2 Å². The molecule has 0 saturated heterocycles. The number of hydrogen-bond donors (Lipinski definition) is 5. The maximum Gasteiger partial charge on any atom is 0.492 e. The van der Waals surface area contributed by atoms with Crippen molar-refractivity contribution in [2.75, 3.05) is 6.61 Å². The average Bonchev–Trinajstić information content (AvgIpc) is 2.93. The Balaban J connectivity index is 1.67. The molecule has 12 heteroatoms. The summed E-state index contributed by atoms with van der Waals surface area (Å²) in [5.74, 6) is 0. The SMILES string of the molecule is [C-]#[N+]c1cc(/C=C/c2cc[n+](CCC[Si](O)(O)O)cc2)c(C#N)cc1/C=C/c1cc[n+](CCCO[SiH](O)O)cc1. The lowest BCUT2D eigenvalue weighted by Crippen LogP contribution is -2.38. The van der Waals surface area contributed by atoms with Crippen LogP contribution in [0.3, 0.4) is 0 Å². The van der Waals surface area contributed by atoms with Crippen LogP contribution in [0.2, 0.25) is 6.04 Å². The molecular weight excluding hydrogens is 545 g/mol. The second kappa shape index (κ2) is 15.1. The van der Waals surface area contributed by atoms with Gasteiger partial charge in [-0.25, -0.2) is 14.0 Å². The third kappa shape index (κ3) is 10.4. The van der Waals surface area contributed by atoms with Crippen LogP contribution in [-0.4, -0.2) is 48.9 Å². The molecule has 0 aliphatic carbocycles. The Labute approximate surface area is 236 Å². The summed E-state index contributed by atoms with van der Waals surface area (Å²) in [5.41, 5.74) is 3.98. The third-order valence-corrected chi connectivity index (χ3v) is 7.50. The Morgan fingerprint density at radius 2 is 1.43 bits per heavy atom. The van der Waals surface area contributed by atoms with E-state index in [1.807, 2.05) is 76.4 Å². The highest BCUT2D eigenvalue weighted by atomic mass is 28.4. The molecule has 2 aromatic heterocycles. The minimum atomic E-state index is -4.02. The maximum atomic E-state index is 9.74. The lowest BCUT2D eigenvalue weighted by atomic mass is 10.0. The molecule has 0 unspecified atom stereocenters.